The number of hydrogen-bond acceptors (Lipinski definition) is 2. The second-order valence-electron chi connectivity index (χ2n) is 2.11. The Kier molecular flexibility index (Phi) is 6.55. The highest BCUT2D eigenvalue weighted by molar-refractivity contribution is 4.73. The molecule has 0 aliphatic rings. The van der Waals surface area contributed by atoms with Gasteiger partial charge in [-0.1, -0.05) is 6.08 Å². The summed E-state index contributed by atoms with van der Waals surface area (Å²) in [7, 11) is 0. The van der Waals surface area contributed by atoms with Gasteiger partial charge >= 0.3 is 0 Å². The lowest BCUT2D eigenvalue weighted by Gasteiger charge is -2.12. The molecule has 0 saturated heterocycles. The zero-order valence-corrected chi connectivity index (χ0v) is 6.55. The van der Waals surface area contributed by atoms with Crippen molar-refractivity contribution in [2.75, 3.05) is 13.2 Å². The van der Waals surface area contributed by atoms with Gasteiger partial charge in [0, 0.05) is 13.2 Å². The first kappa shape index (κ1) is 9.66. The van der Waals surface area contributed by atoms with E-state index in [1.807, 2.05) is 13.0 Å². The maximum absolute atomic E-state index is 8.58. The average Bonchev–Trinajstić information content (AvgIpc) is 1.90. The molecule has 60 valence electrons. The largest absolute Gasteiger partial charge is 0.396 e. The van der Waals surface area contributed by atoms with Gasteiger partial charge in [0.2, 0.25) is 0 Å². The fourth-order valence-electron chi connectivity index (χ4n) is 0.835. The van der Waals surface area contributed by atoms with Crippen molar-refractivity contribution in [3.8, 4) is 0 Å². The summed E-state index contributed by atoms with van der Waals surface area (Å²) in [5.74, 6) is 0. The van der Waals surface area contributed by atoms with Crippen LogP contribution < -0.4 is 0 Å². The van der Waals surface area contributed by atoms with Gasteiger partial charge in [-0.25, -0.2) is 0 Å². The number of aliphatic hydroxyl groups is 1. The molecule has 0 aromatic rings. The molecule has 0 bridgehead atoms. The molecule has 10 heavy (non-hydrogen) atoms. The molecule has 0 radical (unpaired) electrons. The predicted molar refractivity (Wildman–Crippen MR) is 41.9 cm³/mol. The van der Waals surface area contributed by atoms with Crippen molar-refractivity contribution in [3.63, 3.8) is 0 Å². The van der Waals surface area contributed by atoms with Crippen LogP contribution in [0.25, 0.3) is 0 Å². The van der Waals surface area contributed by atoms with E-state index in [9.17, 15) is 0 Å². The molecule has 2 heteroatoms. The molecule has 0 saturated carbocycles. The number of hydrogen-bond donors (Lipinski definition) is 1. The van der Waals surface area contributed by atoms with Crippen molar-refractivity contribution in [3.05, 3.63) is 12.7 Å². The van der Waals surface area contributed by atoms with Crippen molar-refractivity contribution in [1.29, 1.82) is 0 Å². The summed E-state index contributed by atoms with van der Waals surface area (Å²) in [6.07, 6.45) is 3.51. The monoisotopic (exact) mass is 144 g/mol. The lowest BCUT2D eigenvalue weighted by molar-refractivity contribution is 0.0462. The van der Waals surface area contributed by atoms with Crippen LogP contribution in [0.15, 0.2) is 12.7 Å². The van der Waals surface area contributed by atoms with Crippen LogP contribution in [0, 0.1) is 0 Å². The van der Waals surface area contributed by atoms with Gasteiger partial charge < -0.3 is 9.84 Å². The van der Waals surface area contributed by atoms with E-state index in [1.165, 1.54) is 0 Å². The molecule has 0 aliphatic heterocycles. The topological polar surface area (TPSA) is 29.5 Å². The van der Waals surface area contributed by atoms with Crippen molar-refractivity contribution >= 4 is 0 Å². The molecule has 0 spiro atoms. The molecule has 0 amide bonds. The fourth-order valence-corrected chi connectivity index (χ4v) is 0.835. The summed E-state index contributed by atoms with van der Waals surface area (Å²) in [5.41, 5.74) is 0. The summed E-state index contributed by atoms with van der Waals surface area (Å²) >= 11 is 0. The number of ether oxygens (including phenoxy) is 1. The van der Waals surface area contributed by atoms with Crippen LogP contribution in [-0.4, -0.2) is 24.4 Å². The van der Waals surface area contributed by atoms with Gasteiger partial charge in [-0.3, -0.25) is 0 Å². The SMILES string of the molecule is C=CC[C@@H](CCO)OCC. The molecule has 0 heterocycles. The molecule has 2 nitrogen and oxygen atoms in total. The van der Waals surface area contributed by atoms with Gasteiger partial charge in [0.1, 0.15) is 0 Å². The summed E-state index contributed by atoms with van der Waals surface area (Å²) in [6, 6.07) is 0. The lowest BCUT2D eigenvalue weighted by atomic mass is 10.2. The Morgan fingerprint density at radius 1 is 1.70 bits per heavy atom. The number of rotatable bonds is 6. The summed E-state index contributed by atoms with van der Waals surface area (Å²) < 4.78 is 5.29. The molecule has 1 N–H and O–H groups in total. The number of aliphatic hydroxyl groups excluding tert-OH is 1. The minimum Gasteiger partial charge on any atom is -0.396 e. The molecule has 0 unspecified atom stereocenters. The van der Waals surface area contributed by atoms with Gasteiger partial charge in [0.15, 0.2) is 0 Å². The van der Waals surface area contributed by atoms with E-state index in [0.29, 0.717) is 13.0 Å². The standard InChI is InChI=1S/C8H16O2/c1-3-5-8(6-7-9)10-4-2/h3,8-9H,1,4-7H2,2H3/t8-/m0/s1. The Hall–Kier alpha value is -0.340. The van der Waals surface area contributed by atoms with Gasteiger partial charge in [0.05, 0.1) is 6.10 Å². The fraction of sp³-hybridized carbons (Fsp3) is 0.750. The molecule has 0 aromatic carbocycles. The molecule has 1 atom stereocenters. The maximum atomic E-state index is 8.58. The maximum Gasteiger partial charge on any atom is 0.0631 e. The Balaban J connectivity index is 3.38. The second-order valence-corrected chi connectivity index (χ2v) is 2.11. The van der Waals surface area contributed by atoms with E-state index in [1.54, 1.807) is 0 Å². The van der Waals surface area contributed by atoms with Crippen molar-refractivity contribution < 1.29 is 9.84 Å². The highest BCUT2D eigenvalue weighted by Gasteiger charge is 2.03. The molecular weight excluding hydrogens is 128 g/mol. The quantitative estimate of drug-likeness (QED) is 0.570. The van der Waals surface area contributed by atoms with E-state index in [-0.39, 0.29) is 12.7 Å². The van der Waals surface area contributed by atoms with Gasteiger partial charge in [-0.2, -0.15) is 0 Å². The third-order valence-electron chi connectivity index (χ3n) is 1.28. The van der Waals surface area contributed by atoms with E-state index in [0.717, 1.165) is 6.42 Å². The molecule has 0 aromatic heterocycles. The van der Waals surface area contributed by atoms with Crippen molar-refractivity contribution in [2.45, 2.75) is 25.9 Å². The van der Waals surface area contributed by atoms with Gasteiger partial charge in [-0.15, -0.1) is 6.58 Å². The molecule has 0 aliphatic carbocycles. The lowest BCUT2D eigenvalue weighted by Crippen LogP contribution is -2.13. The zero-order valence-electron chi connectivity index (χ0n) is 6.55. The van der Waals surface area contributed by atoms with Crippen LogP contribution in [0.3, 0.4) is 0 Å². The first-order valence-corrected chi connectivity index (χ1v) is 3.68. The molecular formula is C8H16O2. The van der Waals surface area contributed by atoms with Gasteiger partial charge in [-0.05, 0) is 19.8 Å². The summed E-state index contributed by atoms with van der Waals surface area (Å²) in [4.78, 5) is 0. The van der Waals surface area contributed by atoms with E-state index in [2.05, 4.69) is 6.58 Å². The highest BCUT2D eigenvalue weighted by Crippen LogP contribution is 2.03. The van der Waals surface area contributed by atoms with Gasteiger partial charge in [0.25, 0.3) is 0 Å². The van der Waals surface area contributed by atoms with Crippen LogP contribution >= 0.6 is 0 Å². The van der Waals surface area contributed by atoms with Crippen molar-refractivity contribution in [2.24, 2.45) is 0 Å². The van der Waals surface area contributed by atoms with Crippen LogP contribution in [0.1, 0.15) is 19.8 Å². The van der Waals surface area contributed by atoms with E-state index in [4.69, 9.17) is 9.84 Å². The highest BCUT2D eigenvalue weighted by atomic mass is 16.5. The summed E-state index contributed by atoms with van der Waals surface area (Å²) in [6.45, 7) is 6.46. The van der Waals surface area contributed by atoms with Crippen molar-refractivity contribution in [1.82, 2.24) is 0 Å². The minimum atomic E-state index is 0.160. The first-order valence-electron chi connectivity index (χ1n) is 3.68. The average molecular weight is 144 g/mol. The van der Waals surface area contributed by atoms with E-state index >= 15 is 0 Å². The third kappa shape index (κ3) is 4.53. The van der Waals surface area contributed by atoms with E-state index < -0.39 is 0 Å². The smallest absolute Gasteiger partial charge is 0.0631 e. The predicted octanol–water partition coefficient (Wildman–Crippen LogP) is 1.35. The first-order chi connectivity index (χ1) is 4.85. The Bertz CT molecular complexity index is 75.3. The zero-order chi connectivity index (χ0) is 7.82. The Labute approximate surface area is 62.5 Å². The summed E-state index contributed by atoms with van der Waals surface area (Å²) in [5, 5.41) is 8.58. The minimum absolute atomic E-state index is 0.160. The molecule has 0 fully saturated rings. The van der Waals surface area contributed by atoms with Crippen LogP contribution in [0.5, 0.6) is 0 Å². The van der Waals surface area contributed by atoms with Crippen LogP contribution in [-0.2, 0) is 4.74 Å². The Morgan fingerprint density at radius 3 is 2.80 bits per heavy atom. The Morgan fingerprint density at radius 2 is 2.40 bits per heavy atom. The third-order valence-corrected chi connectivity index (χ3v) is 1.28. The van der Waals surface area contributed by atoms with Crippen LogP contribution in [0.4, 0.5) is 0 Å². The second kappa shape index (κ2) is 6.78. The normalized spacial score (nSPS) is 13.0. The molecule has 0 rings (SSSR count). The van der Waals surface area contributed by atoms with Crippen LogP contribution in [0.2, 0.25) is 0 Å².